The number of carbonyl (C=O) groups is 2. The van der Waals surface area contributed by atoms with Gasteiger partial charge in [0.05, 0.1) is 0 Å². The maximum absolute atomic E-state index is 11.7. The van der Waals surface area contributed by atoms with Crippen molar-refractivity contribution in [3.05, 3.63) is 0 Å². The minimum Gasteiger partial charge on any atom is -0.480 e. The van der Waals surface area contributed by atoms with Gasteiger partial charge in [-0.2, -0.15) is 0 Å². The van der Waals surface area contributed by atoms with Crippen molar-refractivity contribution in [3.63, 3.8) is 0 Å². The summed E-state index contributed by atoms with van der Waals surface area (Å²) in [5, 5.41) is 11.4. The molecule has 0 aromatic rings. The summed E-state index contributed by atoms with van der Waals surface area (Å²) in [4.78, 5) is 22.5. The Morgan fingerprint density at radius 1 is 1.44 bits per heavy atom. The second-order valence-electron chi connectivity index (χ2n) is 5.21. The molecule has 0 unspecified atom stereocenters. The molecule has 5 heteroatoms. The maximum atomic E-state index is 11.7. The monoisotopic (exact) mass is 228 g/mol. The summed E-state index contributed by atoms with van der Waals surface area (Å²) in [6.45, 7) is 3.44. The zero-order chi connectivity index (χ0) is 12.4. The van der Waals surface area contributed by atoms with Crippen LogP contribution in [0.3, 0.4) is 0 Å². The van der Waals surface area contributed by atoms with Crippen molar-refractivity contribution in [2.45, 2.75) is 45.1 Å². The van der Waals surface area contributed by atoms with Crippen LogP contribution in [-0.4, -0.2) is 29.1 Å². The molecule has 1 aliphatic carbocycles. The van der Waals surface area contributed by atoms with Crippen molar-refractivity contribution >= 4 is 11.9 Å². The van der Waals surface area contributed by atoms with Gasteiger partial charge in [-0.1, -0.05) is 6.42 Å². The molecular formula is C11H20N2O3. The minimum absolute atomic E-state index is 0.0847. The summed E-state index contributed by atoms with van der Waals surface area (Å²) in [6, 6.07) is 0. The van der Waals surface area contributed by atoms with Gasteiger partial charge in [-0.3, -0.25) is 4.79 Å². The van der Waals surface area contributed by atoms with Crippen LogP contribution in [0.4, 0.5) is 0 Å². The second-order valence-corrected chi connectivity index (χ2v) is 5.21. The van der Waals surface area contributed by atoms with E-state index in [1.165, 1.54) is 13.8 Å². The van der Waals surface area contributed by atoms with Crippen molar-refractivity contribution in [2.24, 2.45) is 11.1 Å². The molecule has 0 aliphatic heterocycles. The molecule has 0 spiro atoms. The molecule has 5 nitrogen and oxygen atoms in total. The lowest BCUT2D eigenvalue weighted by molar-refractivity contribution is -0.146. The van der Waals surface area contributed by atoms with Gasteiger partial charge in [0.2, 0.25) is 5.91 Å². The Kier molecular flexibility index (Phi) is 3.57. The molecule has 1 rings (SSSR count). The molecule has 0 radical (unpaired) electrons. The van der Waals surface area contributed by atoms with Crippen molar-refractivity contribution in [2.75, 3.05) is 6.54 Å². The Hall–Kier alpha value is -1.10. The molecule has 1 saturated carbocycles. The van der Waals surface area contributed by atoms with Crippen molar-refractivity contribution in [3.8, 4) is 0 Å². The Labute approximate surface area is 95.4 Å². The van der Waals surface area contributed by atoms with Crippen LogP contribution < -0.4 is 11.1 Å². The van der Waals surface area contributed by atoms with Gasteiger partial charge >= 0.3 is 5.97 Å². The molecule has 1 amide bonds. The van der Waals surface area contributed by atoms with Crippen LogP contribution in [0.1, 0.15) is 39.5 Å². The third-order valence-corrected chi connectivity index (χ3v) is 3.37. The number of hydrogen-bond acceptors (Lipinski definition) is 3. The largest absolute Gasteiger partial charge is 0.480 e. The molecular weight excluding hydrogens is 208 g/mol. The fourth-order valence-electron chi connectivity index (χ4n) is 1.92. The Morgan fingerprint density at radius 2 is 2.00 bits per heavy atom. The lowest BCUT2D eigenvalue weighted by atomic mass is 9.66. The van der Waals surface area contributed by atoms with E-state index >= 15 is 0 Å². The molecule has 0 aromatic carbocycles. The number of aliphatic carboxylic acids is 1. The molecule has 0 aromatic heterocycles. The average molecular weight is 228 g/mol. The van der Waals surface area contributed by atoms with E-state index in [1.54, 1.807) is 0 Å². The van der Waals surface area contributed by atoms with Crippen LogP contribution in [0.2, 0.25) is 0 Å². The van der Waals surface area contributed by atoms with Gasteiger partial charge in [0.25, 0.3) is 0 Å². The van der Waals surface area contributed by atoms with Crippen molar-refractivity contribution in [1.29, 1.82) is 0 Å². The number of carbonyl (C=O) groups excluding carboxylic acids is 1. The zero-order valence-corrected chi connectivity index (χ0v) is 9.88. The first-order valence-corrected chi connectivity index (χ1v) is 5.56. The van der Waals surface area contributed by atoms with Gasteiger partial charge in [-0.05, 0) is 38.6 Å². The van der Waals surface area contributed by atoms with E-state index in [0.29, 0.717) is 13.0 Å². The topological polar surface area (TPSA) is 92.4 Å². The molecule has 16 heavy (non-hydrogen) atoms. The molecule has 4 N–H and O–H groups in total. The standard InChI is InChI=1S/C11H20N2O3/c1-10(2,9(15)16)13-8(14)6-11(7-12)4-3-5-11/h3-7,12H2,1-2H3,(H,13,14)(H,15,16). The van der Waals surface area contributed by atoms with Crippen LogP contribution in [0.15, 0.2) is 0 Å². The van der Waals surface area contributed by atoms with Crippen LogP contribution in [0.5, 0.6) is 0 Å². The van der Waals surface area contributed by atoms with Gasteiger partial charge in [0, 0.05) is 6.42 Å². The van der Waals surface area contributed by atoms with Crippen molar-refractivity contribution in [1.82, 2.24) is 5.32 Å². The van der Waals surface area contributed by atoms with Gasteiger partial charge in [-0.15, -0.1) is 0 Å². The summed E-state index contributed by atoms with van der Waals surface area (Å²) in [5.74, 6) is -1.26. The lowest BCUT2D eigenvalue weighted by Crippen LogP contribution is -2.52. The van der Waals surface area contributed by atoms with E-state index < -0.39 is 11.5 Å². The van der Waals surface area contributed by atoms with Gasteiger partial charge in [0.15, 0.2) is 0 Å². The molecule has 0 saturated heterocycles. The summed E-state index contributed by atoms with van der Waals surface area (Å²) in [5.41, 5.74) is 4.35. The number of amides is 1. The molecule has 1 aliphatic rings. The van der Waals surface area contributed by atoms with Gasteiger partial charge < -0.3 is 16.2 Å². The quantitative estimate of drug-likeness (QED) is 0.638. The molecule has 92 valence electrons. The van der Waals surface area contributed by atoms with Gasteiger partial charge in [0.1, 0.15) is 5.54 Å². The fourth-order valence-corrected chi connectivity index (χ4v) is 1.92. The average Bonchev–Trinajstić information content (AvgIpc) is 2.10. The number of nitrogens with two attached hydrogens (primary N) is 1. The highest BCUT2D eigenvalue weighted by molar-refractivity contribution is 5.86. The van der Waals surface area contributed by atoms with Crippen LogP contribution in [-0.2, 0) is 9.59 Å². The minimum atomic E-state index is -1.21. The highest BCUT2D eigenvalue weighted by Crippen LogP contribution is 2.42. The third-order valence-electron chi connectivity index (χ3n) is 3.37. The molecule has 0 atom stereocenters. The number of hydrogen-bond donors (Lipinski definition) is 3. The van der Waals surface area contributed by atoms with Crippen molar-refractivity contribution < 1.29 is 14.7 Å². The number of carboxylic acid groups (broad SMARTS) is 1. The molecule has 1 fully saturated rings. The first-order valence-electron chi connectivity index (χ1n) is 5.56. The summed E-state index contributed by atoms with van der Waals surface area (Å²) >= 11 is 0. The Morgan fingerprint density at radius 3 is 2.31 bits per heavy atom. The predicted molar refractivity (Wildman–Crippen MR) is 59.8 cm³/mol. The normalized spacial score (nSPS) is 18.7. The SMILES string of the molecule is CC(C)(NC(=O)CC1(CN)CCC1)C(=O)O. The third kappa shape index (κ3) is 2.72. The maximum Gasteiger partial charge on any atom is 0.328 e. The fraction of sp³-hybridized carbons (Fsp3) is 0.818. The predicted octanol–water partition coefficient (Wildman–Crippen LogP) is 0.485. The highest BCUT2D eigenvalue weighted by atomic mass is 16.4. The molecule has 0 heterocycles. The zero-order valence-electron chi connectivity index (χ0n) is 9.88. The Balaban J connectivity index is 2.50. The van der Waals surface area contributed by atoms with E-state index in [2.05, 4.69) is 5.32 Å². The van der Waals surface area contributed by atoms with E-state index in [-0.39, 0.29) is 11.3 Å². The van der Waals surface area contributed by atoms with E-state index in [1.807, 2.05) is 0 Å². The van der Waals surface area contributed by atoms with E-state index in [0.717, 1.165) is 19.3 Å². The summed E-state index contributed by atoms with van der Waals surface area (Å²) in [6.07, 6.45) is 3.36. The number of nitrogens with one attached hydrogen (secondary N) is 1. The first-order chi connectivity index (χ1) is 7.31. The van der Waals surface area contributed by atoms with E-state index in [9.17, 15) is 9.59 Å². The van der Waals surface area contributed by atoms with Crippen LogP contribution in [0, 0.1) is 5.41 Å². The lowest BCUT2D eigenvalue weighted by Gasteiger charge is -2.40. The summed E-state index contributed by atoms with van der Waals surface area (Å²) < 4.78 is 0. The smallest absolute Gasteiger partial charge is 0.328 e. The Bertz CT molecular complexity index is 290. The van der Waals surface area contributed by atoms with Crippen LogP contribution in [0.25, 0.3) is 0 Å². The highest BCUT2D eigenvalue weighted by Gasteiger charge is 2.39. The van der Waals surface area contributed by atoms with Gasteiger partial charge in [-0.25, -0.2) is 4.79 Å². The second kappa shape index (κ2) is 4.41. The first kappa shape index (κ1) is 13.0. The number of carboxylic acids is 1. The summed E-state index contributed by atoms with van der Waals surface area (Å²) in [7, 11) is 0. The van der Waals surface area contributed by atoms with Crippen LogP contribution >= 0.6 is 0 Å². The number of rotatable bonds is 5. The molecule has 0 bridgehead atoms. The van der Waals surface area contributed by atoms with E-state index in [4.69, 9.17) is 10.8 Å².